The second-order valence-corrected chi connectivity index (χ2v) is 11.1. The van der Waals surface area contributed by atoms with Gasteiger partial charge in [-0.2, -0.15) is 0 Å². The van der Waals surface area contributed by atoms with Crippen LogP contribution in [0.3, 0.4) is 0 Å². The molecular formula is C24H15Cl6FN2O2. The van der Waals surface area contributed by atoms with E-state index in [-0.39, 0.29) is 37.8 Å². The highest BCUT2D eigenvalue weighted by atomic mass is 35.5. The fourth-order valence-corrected chi connectivity index (χ4v) is 5.52. The molecule has 0 saturated heterocycles. The fourth-order valence-electron chi connectivity index (χ4n) is 3.85. The van der Waals surface area contributed by atoms with Gasteiger partial charge in [0.2, 0.25) is 5.91 Å². The summed E-state index contributed by atoms with van der Waals surface area (Å²) in [5.41, 5.74) is 7.46. The molecule has 11 heteroatoms. The molecule has 1 aliphatic carbocycles. The minimum atomic E-state index is -1.40. The first-order chi connectivity index (χ1) is 16.4. The molecule has 4 rings (SSSR count). The highest BCUT2D eigenvalue weighted by molar-refractivity contribution is 6.54. The van der Waals surface area contributed by atoms with Crippen LogP contribution in [-0.2, 0) is 11.2 Å². The first kappa shape index (κ1) is 26.3. The highest BCUT2D eigenvalue weighted by Gasteiger charge is 2.67. The van der Waals surface area contributed by atoms with E-state index in [0.717, 1.165) is 0 Å². The molecule has 0 aliphatic heterocycles. The second-order valence-electron chi connectivity index (χ2n) is 8.06. The second kappa shape index (κ2) is 9.97. The molecule has 1 fully saturated rings. The van der Waals surface area contributed by atoms with Crippen molar-refractivity contribution in [3.05, 3.63) is 91.1 Å². The number of amides is 1. The van der Waals surface area contributed by atoms with Crippen LogP contribution in [0.5, 0.6) is 0 Å². The Morgan fingerprint density at radius 3 is 2.26 bits per heavy atom. The van der Waals surface area contributed by atoms with Gasteiger partial charge in [-0.25, -0.2) is 4.39 Å². The van der Waals surface area contributed by atoms with Crippen LogP contribution >= 0.6 is 69.6 Å². The maximum Gasteiger partial charge on any atom is 0.231 e. The topological polar surface area (TPSA) is 72.2 Å². The van der Waals surface area contributed by atoms with E-state index in [1.165, 1.54) is 36.4 Å². The minimum Gasteiger partial charge on any atom is -0.398 e. The van der Waals surface area contributed by atoms with Crippen LogP contribution in [0.15, 0.2) is 48.5 Å². The number of halogens is 7. The molecule has 3 aromatic rings. The van der Waals surface area contributed by atoms with E-state index in [0.29, 0.717) is 16.8 Å². The number of rotatable bonds is 6. The van der Waals surface area contributed by atoms with Gasteiger partial charge >= 0.3 is 0 Å². The van der Waals surface area contributed by atoms with Crippen LogP contribution in [0, 0.1) is 11.7 Å². The Morgan fingerprint density at radius 2 is 1.60 bits per heavy atom. The summed E-state index contributed by atoms with van der Waals surface area (Å²) in [6, 6.07) is 11.3. The van der Waals surface area contributed by atoms with Crippen molar-refractivity contribution in [2.24, 2.45) is 5.92 Å². The Hall–Kier alpha value is -1.73. The van der Waals surface area contributed by atoms with Crippen molar-refractivity contribution in [1.82, 2.24) is 0 Å². The lowest BCUT2D eigenvalue weighted by Gasteiger charge is -2.10. The number of nitrogens with one attached hydrogen (secondary N) is 1. The van der Waals surface area contributed by atoms with Gasteiger partial charge in [0, 0.05) is 29.3 Å². The molecule has 3 N–H and O–H groups in total. The Kier molecular flexibility index (Phi) is 7.50. The molecule has 2 atom stereocenters. The number of carbonyl (C=O) groups is 2. The molecule has 0 radical (unpaired) electrons. The summed E-state index contributed by atoms with van der Waals surface area (Å²) in [5, 5.41) is 3.49. The monoisotopic (exact) mass is 592 g/mol. The van der Waals surface area contributed by atoms with Crippen molar-refractivity contribution in [3.63, 3.8) is 0 Å². The average Bonchev–Trinajstić information content (AvgIpc) is 3.37. The zero-order valence-electron chi connectivity index (χ0n) is 17.5. The van der Waals surface area contributed by atoms with Gasteiger partial charge in [-0.3, -0.25) is 9.59 Å². The molecule has 0 aromatic heterocycles. The quantitative estimate of drug-likeness (QED) is 0.132. The van der Waals surface area contributed by atoms with Crippen LogP contribution in [0.1, 0.15) is 27.4 Å². The summed E-state index contributed by atoms with van der Waals surface area (Å²) in [6.45, 7) is 0. The Balaban J connectivity index is 1.53. The molecule has 1 aliphatic rings. The lowest BCUT2D eigenvalue weighted by atomic mass is 10.0. The Labute approximate surface area is 230 Å². The van der Waals surface area contributed by atoms with E-state index in [1.54, 1.807) is 12.1 Å². The summed E-state index contributed by atoms with van der Waals surface area (Å²) < 4.78 is 12.2. The van der Waals surface area contributed by atoms with Crippen LogP contribution in [0.25, 0.3) is 0 Å². The molecule has 35 heavy (non-hydrogen) atoms. The van der Waals surface area contributed by atoms with Gasteiger partial charge in [-0.1, -0.05) is 46.4 Å². The van der Waals surface area contributed by atoms with Gasteiger partial charge in [-0.05, 0) is 59.7 Å². The smallest absolute Gasteiger partial charge is 0.231 e. The van der Waals surface area contributed by atoms with E-state index in [9.17, 15) is 14.0 Å². The summed E-state index contributed by atoms with van der Waals surface area (Å²) in [5.74, 6) is -2.79. The first-order valence-corrected chi connectivity index (χ1v) is 12.4. The van der Waals surface area contributed by atoms with Crippen molar-refractivity contribution in [1.29, 1.82) is 0 Å². The van der Waals surface area contributed by atoms with Gasteiger partial charge in [0.1, 0.15) is 10.2 Å². The molecule has 0 spiro atoms. The zero-order chi connectivity index (χ0) is 25.7. The molecule has 1 amide bonds. The largest absolute Gasteiger partial charge is 0.398 e. The third-order valence-corrected chi connectivity index (χ3v) is 8.16. The number of alkyl halides is 2. The molecule has 0 heterocycles. The summed E-state index contributed by atoms with van der Waals surface area (Å²) in [4.78, 5) is 25.9. The zero-order valence-corrected chi connectivity index (χ0v) is 22.1. The minimum absolute atomic E-state index is 0.139. The number of anilines is 2. The van der Waals surface area contributed by atoms with Crippen LogP contribution in [0.2, 0.25) is 20.1 Å². The number of Topliss-reactive ketones (excluding diaryl/α,β-unsaturated/α-hetero) is 1. The summed E-state index contributed by atoms with van der Waals surface area (Å²) in [6.07, 6.45) is -0.171. The van der Waals surface area contributed by atoms with E-state index in [4.69, 9.17) is 75.3 Å². The van der Waals surface area contributed by atoms with Crippen LogP contribution < -0.4 is 11.1 Å². The molecular weight excluding hydrogens is 580 g/mol. The summed E-state index contributed by atoms with van der Waals surface area (Å²) >= 11 is 37.2. The maximum absolute atomic E-state index is 13.6. The molecule has 3 aromatic carbocycles. The Morgan fingerprint density at radius 1 is 0.943 bits per heavy atom. The van der Waals surface area contributed by atoms with Gasteiger partial charge in [0.05, 0.1) is 26.0 Å². The van der Waals surface area contributed by atoms with Crippen molar-refractivity contribution in [3.8, 4) is 0 Å². The molecule has 182 valence electrons. The normalized spacial score (nSPS) is 18.3. The fraction of sp³-hybridized carbons (Fsp3) is 0.167. The van der Waals surface area contributed by atoms with E-state index in [2.05, 4.69) is 5.32 Å². The van der Waals surface area contributed by atoms with Crippen molar-refractivity contribution < 1.29 is 14.0 Å². The predicted molar refractivity (Wildman–Crippen MR) is 141 cm³/mol. The third kappa shape index (κ3) is 5.36. The van der Waals surface area contributed by atoms with Crippen molar-refractivity contribution in [2.45, 2.75) is 16.7 Å². The SMILES string of the molecule is Nc1ccc(F)cc1CC(=O)c1cc(NC(=O)[C@H]2[C@H](c3cc(Cl)c(Cl)c(Cl)c3)C2(Cl)Cl)ccc1Cl. The number of nitrogens with two attached hydrogens (primary N) is 1. The molecule has 0 bridgehead atoms. The average molecular weight is 595 g/mol. The van der Waals surface area contributed by atoms with Gasteiger partial charge in [0.15, 0.2) is 5.78 Å². The Bertz CT molecular complexity index is 1340. The van der Waals surface area contributed by atoms with Crippen LogP contribution in [0.4, 0.5) is 15.8 Å². The lowest BCUT2D eigenvalue weighted by molar-refractivity contribution is -0.117. The number of ketones is 1. The first-order valence-electron chi connectivity index (χ1n) is 10.1. The number of nitrogen functional groups attached to an aromatic ring is 1. The number of benzene rings is 3. The standard InChI is InChI=1S/C24H15Cl6FN2O2/c25-15-3-2-13(9-14(15)19(34)8-10-5-12(31)1-4-18(10)32)33-23(35)21-20(24(21,29)30)11-6-16(26)22(28)17(27)7-11/h1-7,9,20-21H,8,32H2,(H,33,35)/t20-,21+/m0/s1. The van der Waals surface area contributed by atoms with Crippen molar-refractivity contribution in [2.75, 3.05) is 11.1 Å². The maximum atomic E-state index is 13.6. The van der Waals surface area contributed by atoms with E-state index < -0.39 is 33.7 Å². The van der Waals surface area contributed by atoms with Gasteiger partial charge in [-0.15, -0.1) is 23.2 Å². The number of carbonyl (C=O) groups excluding carboxylic acids is 2. The van der Waals surface area contributed by atoms with E-state index >= 15 is 0 Å². The third-order valence-electron chi connectivity index (χ3n) is 5.69. The number of hydrogen-bond donors (Lipinski definition) is 2. The molecule has 0 unspecified atom stereocenters. The number of hydrogen-bond acceptors (Lipinski definition) is 3. The van der Waals surface area contributed by atoms with E-state index in [1.807, 2.05) is 0 Å². The molecule has 1 saturated carbocycles. The van der Waals surface area contributed by atoms with Crippen LogP contribution in [-0.4, -0.2) is 16.0 Å². The molecule has 4 nitrogen and oxygen atoms in total. The predicted octanol–water partition coefficient (Wildman–Crippen LogP) is 7.97. The summed E-state index contributed by atoms with van der Waals surface area (Å²) in [7, 11) is 0. The highest BCUT2D eigenvalue weighted by Crippen LogP contribution is 2.65. The van der Waals surface area contributed by atoms with Gasteiger partial charge in [0.25, 0.3) is 0 Å². The van der Waals surface area contributed by atoms with Gasteiger partial charge < -0.3 is 11.1 Å². The lowest BCUT2D eigenvalue weighted by Crippen LogP contribution is -2.17. The van der Waals surface area contributed by atoms with Crippen molar-refractivity contribution >= 4 is 92.7 Å².